The van der Waals surface area contributed by atoms with Crippen molar-refractivity contribution in [1.29, 1.82) is 0 Å². The molecule has 6 aromatic heterocycles. The van der Waals surface area contributed by atoms with E-state index in [1.807, 2.05) is 0 Å². The molecule has 0 aliphatic rings. The smallest absolute Gasteiger partial charge is 0.0548 e. The van der Waals surface area contributed by atoms with E-state index in [1.54, 1.807) is 0 Å². The van der Waals surface area contributed by atoms with Crippen molar-refractivity contribution in [3.05, 3.63) is 485 Å². The van der Waals surface area contributed by atoms with Gasteiger partial charge in [0.25, 0.3) is 0 Å². The van der Waals surface area contributed by atoms with Crippen molar-refractivity contribution >= 4 is 131 Å². The molecule has 0 saturated carbocycles. The summed E-state index contributed by atoms with van der Waals surface area (Å²) in [6.07, 6.45) is 0. The zero-order chi connectivity index (χ0) is 86.6. The van der Waals surface area contributed by atoms with Crippen molar-refractivity contribution in [2.24, 2.45) is 0 Å². The highest BCUT2D eigenvalue weighted by atomic mass is 15.0. The van der Waals surface area contributed by atoms with E-state index in [2.05, 4.69) is 513 Å². The maximum atomic E-state index is 2.48. The normalized spacial score (nSPS) is 11.9. The minimum Gasteiger partial charge on any atom is -0.309 e. The molecule has 0 spiro atoms. The molecule has 6 heteroatoms. The molecule has 0 atom stereocenters. The Kier molecular flexibility index (Phi) is 17.0. The van der Waals surface area contributed by atoms with Gasteiger partial charge in [0.05, 0.1) is 66.2 Å². The predicted molar refractivity (Wildman–Crippen MR) is 556 cm³/mol. The molecule has 0 saturated heterocycles. The summed E-state index contributed by atoms with van der Waals surface area (Å²) >= 11 is 0. The third-order valence-corrected chi connectivity index (χ3v) is 27.8. The minimum atomic E-state index is 1.12. The van der Waals surface area contributed by atoms with Crippen LogP contribution in [-0.4, -0.2) is 27.4 Å². The Morgan fingerprint density at radius 1 is 0.0833 bits per heavy atom. The van der Waals surface area contributed by atoms with E-state index in [0.29, 0.717) is 0 Å². The van der Waals surface area contributed by atoms with Crippen molar-refractivity contribution in [3.63, 3.8) is 0 Å². The first-order valence-corrected chi connectivity index (χ1v) is 45.5. The summed E-state index contributed by atoms with van der Waals surface area (Å²) in [5.74, 6) is 0. The van der Waals surface area contributed by atoms with Crippen LogP contribution in [-0.2, 0) is 0 Å². The number of rotatable bonds is 14. The van der Waals surface area contributed by atoms with Crippen LogP contribution in [0.1, 0.15) is 0 Å². The molecular formula is C126H80N6. The van der Waals surface area contributed by atoms with Gasteiger partial charge in [0, 0.05) is 98.8 Å². The standard InChI is InChI=1S/C126H80N6/c1-5-25-81(26-6-1)93-69-94(82-27-7-2-8-28-82)72-101(71-93)131-119-43-23-17-37-107(119)113-77-123-111(79-125(113)131)105-35-15-21-41-117(105)129(123)99-65-57-91(58-66-99)87-49-45-85(46-50-87)89-53-61-97(62-54-89)127-115-39-19-13-33-103(115)109-76-122-110(75-121(109)127)104-34-14-20-40-116(104)128(122)98-63-55-90(56-64-98)86-47-51-88(52-48-86)92-59-67-100(68-60-92)130-118-42-22-16-36-106(118)112-80-126-114(78-124(112)130)108-38-18-24-44-120(108)132(126)102-73-95(83-29-9-3-10-30-83)70-96(74-102)84-31-11-4-12-32-84/h1-80H. The van der Waals surface area contributed by atoms with Gasteiger partial charge in [-0.1, -0.05) is 328 Å². The Bertz CT molecular complexity index is 8640. The molecule has 614 valence electrons. The fourth-order valence-corrected chi connectivity index (χ4v) is 21.6. The molecule has 0 bridgehead atoms. The molecule has 0 N–H and O–H groups in total. The molecule has 0 unspecified atom stereocenters. The molecule has 0 radical (unpaired) electrons. The third kappa shape index (κ3) is 12.0. The largest absolute Gasteiger partial charge is 0.309 e. The maximum Gasteiger partial charge on any atom is 0.0548 e. The summed E-state index contributed by atoms with van der Waals surface area (Å²) in [6.45, 7) is 0. The van der Waals surface area contributed by atoms with Crippen LogP contribution in [0.25, 0.3) is 254 Å². The van der Waals surface area contributed by atoms with Crippen LogP contribution in [0.3, 0.4) is 0 Å². The highest BCUT2D eigenvalue weighted by molar-refractivity contribution is 6.23. The number of benzene rings is 21. The summed E-state index contributed by atoms with van der Waals surface area (Å²) in [6, 6.07) is 180. The SMILES string of the molecule is c1ccc(-c2cc(-c3ccccc3)cc(-n3c4ccccc4c4cc5c(cc43)c3ccccc3n5-c3ccc(-c4ccc(-c5ccc(-n6c7ccccc7c7cc8c(cc76)c6ccccc6n8-c6ccc(-c7ccc(-c8ccc(-n9c%10ccccc%10c%10cc%11c(cc%109)c9ccccc9n%11-c9cc(-c%10ccccc%10)cc(-c%10ccccc%10)c9)cc8)cc7)cc6)cc5)cc4)cc3)c2)cc1. The summed E-state index contributed by atoms with van der Waals surface area (Å²) < 4.78 is 14.8. The Balaban J connectivity index is 0.461. The average Bonchev–Trinajstić information content (AvgIpc) is 1.56. The van der Waals surface area contributed by atoms with Crippen LogP contribution in [0.4, 0.5) is 0 Å². The quantitative estimate of drug-likeness (QED) is 0.104. The van der Waals surface area contributed by atoms with Gasteiger partial charge in [-0.15, -0.1) is 0 Å². The van der Waals surface area contributed by atoms with Crippen LogP contribution in [0.5, 0.6) is 0 Å². The second-order valence-corrected chi connectivity index (χ2v) is 35.1. The van der Waals surface area contributed by atoms with E-state index in [1.165, 1.54) is 220 Å². The Morgan fingerprint density at radius 2 is 0.227 bits per heavy atom. The Morgan fingerprint density at radius 3 is 0.409 bits per heavy atom. The molecule has 0 amide bonds. The maximum absolute atomic E-state index is 2.48. The lowest BCUT2D eigenvalue weighted by molar-refractivity contribution is 1.17. The number of fused-ring (bicyclic) bond motifs is 18. The fourth-order valence-electron chi connectivity index (χ4n) is 21.6. The number of para-hydroxylation sites is 6. The van der Waals surface area contributed by atoms with Gasteiger partial charge in [-0.25, -0.2) is 0 Å². The number of hydrogen-bond acceptors (Lipinski definition) is 0. The van der Waals surface area contributed by atoms with Gasteiger partial charge in [0.2, 0.25) is 0 Å². The van der Waals surface area contributed by atoms with Crippen LogP contribution in [0.15, 0.2) is 485 Å². The molecule has 132 heavy (non-hydrogen) atoms. The summed E-state index contributed by atoms with van der Waals surface area (Å²) in [5.41, 5.74) is 39.7. The molecule has 21 aromatic carbocycles. The van der Waals surface area contributed by atoms with Gasteiger partial charge in [0.1, 0.15) is 0 Å². The van der Waals surface area contributed by atoms with Gasteiger partial charge in [-0.3, -0.25) is 0 Å². The van der Waals surface area contributed by atoms with E-state index in [-0.39, 0.29) is 0 Å². The predicted octanol–water partition coefficient (Wildman–Crippen LogP) is 33.6. The van der Waals surface area contributed by atoms with Crippen molar-refractivity contribution in [3.8, 4) is 123 Å². The van der Waals surface area contributed by atoms with E-state index in [0.717, 1.165) is 34.1 Å². The lowest BCUT2D eigenvalue weighted by Crippen LogP contribution is -1.96. The lowest BCUT2D eigenvalue weighted by atomic mass is 9.98. The summed E-state index contributed by atoms with van der Waals surface area (Å²) in [5, 5.41) is 14.6. The topological polar surface area (TPSA) is 29.6 Å². The first-order valence-electron chi connectivity index (χ1n) is 45.5. The Hall–Kier alpha value is -17.6. The van der Waals surface area contributed by atoms with Gasteiger partial charge in [0.15, 0.2) is 0 Å². The van der Waals surface area contributed by atoms with Gasteiger partial charge in [-0.05, 0) is 247 Å². The summed E-state index contributed by atoms with van der Waals surface area (Å²) in [7, 11) is 0. The van der Waals surface area contributed by atoms with Crippen LogP contribution in [0, 0.1) is 0 Å². The molecular weight excluding hydrogens is 1600 g/mol. The monoisotopic (exact) mass is 1680 g/mol. The Labute approximate surface area is 761 Å². The van der Waals surface area contributed by atoms with Gasteiger partial charge < -0.3 is 27.4 Å². The third-order valence-electron chi connectivity index (χ3n) is 27.8. The molecule has 6 heterocycles. The highest BCUT2D eigenvalue weighted by Crippen LogP contribution is 2.47. The molecule has 0 aliphatic heterocycles. The summed E-state index contributed by atoms with van der Waals surface area (Å²) in [4.78, 5) is 0. The van der Waals surface area contributed by atoms with E-state index in [9.17, 15) is 0 Å². The molecule has 27 rings (SSSR count). The van der Waals surface area contributed by atoms with E-state index >= 15 is 0 Å². The first-order chi connectivity index (χ1) is 65.4. The second kappa shape index (κ2) is 30.0. The number of nitrogens with zero attached hydrogens (tertiary/aromatic N) is 6. The van der Waals surface area contributed by atoms with Crippen LogP contribution < -0.4 is 0 Å². The zero-order valence-electron chi connectivity index (χ0n) is 71.9. The number of hydrogen-bond donors (Lipinski definition) is 0. The van der Waals surface area contributed by atoms with Crippen molar-refractivity contribution in [1.82, 2.24) is 27.4 Å². The lowest BCUT2D eigenvalue weighted by Gasteiger charge is -2.14. The minimum absolute atomic E-state index is 1.12. The average molecular weight is 1680 g/mol. The zero-order valence-corrected chi connectivity index (χ0v) is 71.9. The van der Waals surface area contributed by atoms with E-state index in [4.69, 9.17) is 0 Å². The second-order valence-electron chi connectivity index (χ2n) is 35.1. The molecule has 0 aliphatic carbocycles. The van der Waals surface area contributed by atoms with Crippen molar-refractivity contribution < 1.29 is 0 Å². The number of aromatic nitrogens is 6. The highest BCUT2D eigenvalue weighted by Gasteiger charge is 2.26. The molecule has 6 nitrogen and oxygen atoms in total. The van der Waals surface area contributed by atoms with Crippen molar-refractivity contribution in [2.45, 2.75) is 0 Å². The van der Waals surface area contributed by atoms with Crippen molar-refractivity contribution in [2.75, 3.05) is 0 Å². The van der Waals surface area contributed by atoms with Crippen LogP contribution in [0.2, 0.25) is 0 Å². The molecule has 27 aromatic rings. The first kappa shape index (κ1) is 74.6. The van der Waals surface area contributed by atoms with Crippen LogP contribution >= 0.6 is 0 Å². The van der Waals surface area contributed by atoms with E-state index < -0.39 is 0 Å². The van der Waals surface area contributed by atoms with Gasteiger partial charge in [-0.2, -0.15) is 0 Å². The fraction of sp³-hybridized carbons (Fsp3) is 0. The van der Waals surface area contributed by atoms with Gasteiger partial charge >= 0.3 is 0 Å². The molecule has 0 fully saturated rings.